The van der Waals surface area contributed by atoms with E-state index in [0.29, 0.717) is 23.5 Å². The number of fused-ring (bicyclic) bond motifs is 5. The lowest BCUT2D eigenvalue weighted by molar-refractivity contribution is -0.117. The largest absolute Gasteiger partial charge is 0.295 e. The number of pyridine rings is 1. The Morgan fingerprint density at radius 1 is 1.11 bits per heavy atom. The minimum absolute atomic E-state index is 0.163. The molecule has 1 heterocycles. The summed E-state index contributed by atoms with van der Waals surface area (Å²) in [6.45, 7) is 4.90. The second kappa shape index (κ2) is 5.93. The predicted molar refractivity (Wildman–Crippen MR) is 109 cm³/mol. The van der Waals surface area contributed by atoms with Crippen molar-refractivity contribution in [3.8, 4) is 0 Å². The Morgan fingerprint density at radius 3 is 2.74 bits per heavy atom. The highest BCUT2D eigenvalue weighted by molar-refractivity contribution is 6.26. The van der Waals surface area contributed by atoms with Gasteiger partial charge in [-0.05, 0) is 90.4 Å². The maximum absolute atomic E-state index is 12.0. The van der Waals surface area contributed by atoms with Crippen LogP contribution in [0.3, 0.4) is 0 Å². The van der Waals surface area contributed by atoms with E-state index in [1.54, 1.807) is 0 Å². The summed E-state index contributed by atoms with van der Waals surface area (Å²) in [6, 6.07) is 4.19. The summed E-state index contributed by atoms with van der Waals surface area (Å²) in [5, 5.41) is 0. The molecule has 2 nitrogen and oxygen atoms in total. The highest BCUT2D eigenvalue weighted by Crippen LogP contribution is 2.67. The van der Waals surface area contributed by atoms with E-state index in [-0.39, 0.29) is 10.8 Å². The van der Waals surface area contributed by atoms with Crippen LogP contribution in [0.5, 0.6) is 0 Å². The van der Waals surface area contributed by atoms with Gasteiger partial charge in [0.15, 0.2) is 5.78 Å². The standard InChI is InChI=1S/C24H28BNO/c1-23-9-7-17(27)12-16(23)5-6-18-19(23)8-10-24(2)20(18)13-21(25)22(24)15-4-3-11-26-14-15/h3-4,11-12,14,18-20H,5-10,13H2,1-2H3. The summed E-state index contributed by atoms with van der Waals surface area (Å²) in [4.78, 5) is 16.3. The molecule has 27 heavy (non-hydrogen) atoms. The Bertz CT molecular complexity index is 856. The van der Waals surface area contributed by atoms with Crippen molar-refractivity contribution in [2.75, 3.05) is 0 Å². The molecule has 4 aliphatic rings. The number of ketones is 1. The zero-order valence-corrected chi connectivity index (χ0v) is 16.5. The third-order valence-corrected chi connectivity index (χ3v) is 8.63. The molecule has 0 bridgehead atoms. The van der Waals surface area contributed by atoms with Gasteiger partial charge in [-0.2, -0.15) is 0 Å². The lowest BCUT2D eigenvalue weighted by Gasteiger charge is -2.58. The molecule has 5 rings (SSSR count). The fourth-order valence-electron chi connectivity index (χ4n) is 7.30. The van der Waals surface area contributed by atoms with Crippen LogP contribution in [0.1, 0.15) is 64.4 Å². The van der Waals surface area contributed by atoms with Crippen LogP contribution in [0, 0.1) is 28.6 Å². The van der Waals surface area contributed by atoms with Crippen LogP contribution < -0.4 is 0 Å². The molecule has 4 aliphatic carbocycles. The van der Waals surface area contributed by atoms with Gasteiger partial charge in [0.25, 0.3) is 0 Å². The molecule has 138 valence electrons. The maximum Gasteiger partial charge on any atom is 0.155 e. The minimum atomic E-state index is 0.163. The van der Waals surface area contributed by atoms with E-state index in [1.165, 1.54) is 36.0 Å². The van der Waals surface area contributed by atoms with Crippen LogP contribution >= 0.6 is 0 Å². The summed E-state index contributed by atoms with van der Waals surface area (Å²) in [5.41, 5.74) is 5.49. The van der Waals surface area contributed by atoms with Gasteiger partial charge >= 0.3 is 0 Å². The highest BCUT2D eigenvalue weighted by Gasteiger charge is 2.57. The van der Waals surface area contributed by atoms with Crippen LogP contribution in [-0.2, 0) is 4.79 Å². The van der Waals surface area contributed by atoms with Gasteiger partial charge in [0.05, 0.1) is 0 Å². The third-order valence-electron chi connectivity index (χ3n) is 8.63. The van der Waals surface area contributed by atoms with Crippen LogP contribution in [0.2, 0.25) is 0 Å². The topological polar surface area (TPSA) is 30.0 Å². The first kappa shape index (κ1) is 17.5. The smallest absolute Gasteiger partial charge is 0.155 e. The zero-order chi connectivity index (χ0) is 18.8. The van der Waals surface area contributed by atoms with Gasteiger partial charge in [-0.25, -0.2) is 0 Å². The first-order valence-electron chi connectivity index (χ1n) is 10.6. The lowest BCUT2D eigenvalue weighted by Crippen LogP contribution is -2.49. The summed E-state index contributed by atoms with van der Waals surface area (Å²) in [5.74, 6) is 2.38. The fourth-order valence-corrected chi connectivity index (χ4v) is 7.30. The molecule has 1 aromatic rings. The monoisotopic (exact) mass is 357 g/mol. The number of rotatable bonds is 1. The quantitative estimate of drug-likeness (QED) is 0.655. The van der Waals surface area contributed by atoms with E-state index in [9.17, 15) is 4.79 Å². The Balaban J connectivity index is 1.51. The number of carbonyl (C=O) groups is 1. The maximum atomic E-state index is 12.0. The molecule has 2 radical (unpaired) electrons. The average molecular weight is 357 g/mol. The van der Waals surface area contributed by atoms with E-state index >= 15 is 0 Å². The van der Waals surface area contributed by atoms with E-state index < -0.39 is 0 Å². The first-order valence-corrected chi connectivity index (χ1v) is 10.6. The summed E-state index contributed by atoms with van der Waals surface area (Å²) in [7, 11) is 6.66. The van der Waals surface area contributed by atoms with Crippen LogP contribution in [0.25, 0.3) is 5.57 Å². The van der Waals surface area contributed by atoms with Crippen LogP contribution in [-0.4, -0.2) is 18.6 Å². The molecule has 0 aliphatic heterocycles. The summed E-state index contributed by atoms with van der Waals surface area (Å²) < 4.78 is 0. The predicted octanol–water partition coefficient (Wildman–Crippen LogP) is 5.10. The van der Waals surface area contributed by atoms with Crippen molar-refractivity contribution < 1.29 is 4.79 Å². The van der Waals surface area contributed by atoms with Crippen molar-refractivity contribution in [1.82, 2.24) is 4.98 Å². The van der Waals surface area contributed by atoms with Crippen molar-refractivity contribution in [3.05, 3.63) is 47.2 Å². The van der Waals surface area contributed by atoms with Crippen molar-refractivity contribution in [3.63, 3.8) is 0 Å². The Labute approximate surface area is 163 Å². The number of hydrogen-bond donors (Lipinski definition) is 0. The van der Waals surface area contributed by atoms with Gasteiger partial charge in [-0.3, -0.25) is 9.78 Å². The molecule has 5 unspecified atom stereocenters. The second-order valence-corrected chi connectivity index (χ2v) is 9.77. The molecule has 1 aromatic heterocycles. The highest BCUT2D eigenvalue weighted by atomic mass is 16.1. The number of allylic oxidation sites excluding steroid dienone is 4. The molecule has 2 fully saturated rings. The van der Waals surface area contributed by atoms with Crippen molar-refractivity contribution in [2.45, 2.75) is 58.8 Å². The van der Waals surface area contributed by atoms with Gasteiger partial charge < -0.3 is 0 Å². The van der Waals surface area contributed by atoms with E-state index in [2.05, 4.69) is 24.9 Å². The van der Waals surface area contributed by atoms with Crippen molar-refractivity contribution >= 4 is 19.2 Å². The fraction of sp³-hybridized carbons (Fsp3) is 0.583. The van der Waals surface area contributed by atoms with Crippen LogP contribution in [0.4, 0.5) is 0 Å². The number of nitrogens with zero attached hydrogens (tertiary/aromatic N) is 1. The molecule has 0 aromatic carbocycles. The second-order valence-electron chi connectivity index (χ2n) is 9.77. The molecule has 0 spiro atoms. The first-order chi connectivity index (χ1) is 12.9. The number of hydrogen-bond acceptors (Lipinski definition) is 2. The molecule has 0 N–H and O–H groups in total. The van der Waals surface area contributed by atoms with E-state index in [1.807, 2.05) is 24.5 Å². The minimum Gasteiger partial charge on any atom is -0.295 e. The van der Waals surface area contributed by atoms with Gasteiger partial charge in [-0.1, -0.05) is 25.5 Å². The molecule has 0 amide bonds. The SMILES string of the molecule is [B]C1=C(c2cccnc2)C2(C)CCC3C(CCC4=CC(=O)CCC43C)C2C1. The van der Waals surface area contributed by atoms with Crippen LogP contribution in [0.15, 0.2) is 41.6 Å². The molecule has 0 saturated heterocycles. The molecule has 2 saturated carbocycles. The normalized spacial score (nSPS) is 40.9. The van der Waals surface area contributed by atoms with E-state index in [0.717, 1.165) is 31.2 Å². The molecular weight excluding hydrogens is 329 g/mol. The zero-order valence-electron chi connectivity index (χ0n) is 16.5. The van der Waals surface area contributed by atoms with Gasteiger partial charge in [0.2, 0.25) is 0 Å². The molecule has 3 heteroatoms. The van der Waals surface area contributed by atoms with Gasteiger partial charge in [-0.15, -0.1) is 5.47 Å². The van der Waals surface area contributed by atoms with Gasteiger partial charge in [0, 0.05) is 18.8 Å². The third kappa shape index (κ3) is 2.39. The average Bonchev–Trinajstić information content (AvgIpc) is 2.93. The summed E-state index contributed by atoms with van der Waals surface area (Å²) >= 11 is 0. The van der Waals surface area contributed by atoms with Gasteiger partial charge in [0.1, 0.15) is 7.85 Å². The Morgan fingerprint density at radius 2 is 1.96 bits per heavy atom. The summed E-state index contributed by atoms with van der Waals surface area (Å²) in [6.07, 6.45) is 13.4. The lowest BCUT2D eigenvalue weighted by atomic mass is 9.46. The Kier molecular flexibility index (Phi) is 3.83. The van der Waals surface area contributed by atoms with E-state index in [4.69, 9.17) is 7.85 Å². The number of carbonyl (C=O) groups excluding carboxylic acids is 1. The van der Waals surface area contributed by atoms with Crippen molar-refractivity contribution in [1.29, 1.82) is 0 Å². The Hall–Kier alpha value is -1.64. The number of aromatic nitrogens is 1. The molecule has 5 atom stereocenters. The molecular formula is C24H28BNO. The van der Waals surface area contributed by atoms with Crippen molar-refractivity contribution in [2.24, 2.45) is 28.6 Å².